The summed E-state index contributed by atoms with van der Waals surface area (Å²) in [5, 5.41) is 9.34. The molecule has 1 saturated heterocycles. The molecule has 184 valence electrons. The van der Waals surface area contributed by atoms with Crippen molar-refractivity contribution >= 4 is 22.5 Å². The molecule has 2 aromatic carbocycles. The maximum Gasteiger partial charge on any atom is 0.228 e. The van der Waals surface area contributed by atoms with Gasteiger partial charge in [-0.05, 0) is 60.0 Å². The maximum absolute atomic E-state index is 5.23. The minimum absolute atomic E-state index is 0.356. The Morgan fingerprint density at radius 2 is 1.81 bits per heavy atom. The Morgan fingerprint density at radius 1 is 1.00 bits per heavy atom. The van der Waals surface area contributed by atoms with Gasteiger partial charge in [-0.25, -0.2) is 4.98 Å². The molecule has 0 aliphatic carbocycles. The minimum atomic E-state index is 0.356. The third-order valence-electron chi connectivity index (χ3n) is 6.77. The number of nitrogens with one attached hydrogen (secondary N) is 2. The predicted molar refractivity (Wildman–Crippen MR) is 150 cm³/mol. The topological polar surface area (TPSA) is 66.0 Å². The summed E-state index contributed by atoms with van der Waals surface area (Å²) < 4.78 is 0. The summed E-state index contributed by atoms with van der Waals surface area (Å²) in [6, 6.07) is 19.8. The van der Waals surface area contributed by atoms with Crippen LogP contribution in [0.15, 0.2) is 79.8 Å². The van der Waals surface area contributed by atoms with Crippen LogP contribution in [0.3, 0.4) is 0 Å². The van der Waals surface area contributed by atoms with Gasteiger partial charge in [-0.2, -0.15) is 4.98 Å². The molecular weight excluding hydrogens is 444 g/mol. The van der Waals surface area contributed by atoms with Crippen LogP contribution in [-0.2, 0) is 0 Å². The number of fused-ring (bicyclic) bond motifs is 1. The second-order valence-electron chi connectivity index (χ2n) is 9.65. The van der Waals surface area contributed by atoms with E-state index in [9.17, 15) is 0 Å². The molecule has 6 nitrogen and oxygen atoms in total. The first-order valence-electron chi connectivity index (χ1n) is 12.8. The van der Waals surface area contributed by atoms with E-state index in [2.05, 4.69) is 83.4 Å². The molecular formula is C30H34N6. The van der Waals surface area contributed by atoms with E-state index >= 15 is 0 Å². The van der Waals surface area contributed by atoms with Crippen LogP contribution in [0, 0.1) is 0 Å². The Labute approximate surface area is 213 Å². The molecule has 0 spiro atoms. The van der Waals surface area contributed by atoms with Crippen LogP contribution >= 0.6 is 0 Å². The molecule has 2 N–H and O–H groups in total. The van der Waals surface area contributed by atoms with E-state index in [1.54, 1.807) is 6.20 Å². The molecule has 0 saturated carbocycles. The molecule has 6 heteroatoms. The maximum atomic E-state index is 5.23. The average Bonchev–Trinajstić information content (AvgIpc) is 2.92. The number of anilines is 2. The zero-order valence-electron chi connectivity index (χ0n) is 21.1. The van der Waals surface area contributed by atoms with Crippen LogP contribution in [0.4, 0.5) is 11.8 Å². The molecule has 1 aliphatic heterocycles. The number of hydrogen-bond acceptors (Lipinski definition) is 6. The fourth-order valence-electron chi connectivity index (χ4n) is 4.96. The van der Waals surface area contributed by atoms with E-state index < -0.39 is 0 Å². The number of benzene rings is 2. The highest BCUT2D eigenvalue weighted by atomic mass is 15.3. The van der Waals surface area contributed by atoms with Crippen molar-refractivity contribution in [1.82, 2.24) is 20.3 Å². The van der Waals surface area contributed by atoms with Gasteiger partial charge in [-0.15, -0.1) is 0 Å². The largest absolute Gasteiger partial charge is 0.347 e. The van der Waals surface area contributed by atoms with Gasteiger partial charge in [0.25, 0.3) is 0 Å². The van der Waals surface area contributed by atoms with E-state index in [4.69, 9.17) is 9.97 Å². The molecule has 3 heterocycles. The van der Waals surface area contributed by atoms with Gasteiger partial charge < -0.3 is 15.5 Å². The molecule has 0 bridgehead atoms. The lowest BCUT2D eigenvalue weighted by Gasteiger charge is -2.37. The average molecular weight is 479 g/mol. The van der Waals surface area contributed by atoms with E-state index in [0.29, 0.717) is 12.1 Å². The van der Waals surface area contributed by atoms with Crippen molar-refractivity contribution in [3.63, 3.8) is 0 Å². The lowest BCUT2D eigenvalue weighted by atomic mass is 9.97. The van der Waals surface area contributed by atoms with Gasteiger partial charge in [-0.3, -0.25) is 4.98 Å². The van der Waals surface area contributed by atoms with Crippen molar-refractivity contribution in [2.24, 2.45) is 0 Å². The lowest BCUT2D eigenvalue weighted by molar-refractivity contribution is 0.416. The third-order valence-corrected chi connectivity index (χ3v) is 6.77. The summed E-state index contributed by atoms with van der Waals surface area (Å²) in [5.74, 6) is 1.52. The quantitative estimate of drug-likeness (QED) is 0.311. The monoisotopic (exact) mass is 478 g/mol. The van der Waals surface area contributed by atoms with Gasteiger partial charge >= 0.3 is 0 Å². The molecule has 0 unspecified atom stereocenters. The van der Waals surface area contributed by atoms with Crippen LogP contribution in [0.5, 0.6) is 0 Å². The van der Waals surface area contributed by atoms with E-state index in [1.165, 1.54) is 17.2 Å². The number of hydrogen-bond donors (Lipinski definition) is 2. The van der Waals surface area contributed by atoms with Crippen LogP contribution < -0.4 is 15.5 Å². The Kier molecular flexibility index (Phi) is 7.23. The number of aromatic nitrogens is 3. The Hall–Kier alpha value is -3.77. The summed E-state index contributed by atoms with van der Waals surface area (Å²) in [7, 11) is 0. The summed E-state index contributed by atoms with van der Waals surface area (Å²) in [6.45, 7) is 10.2. The lowest BCUT2D eigenvalue weighted by Crippen LogP contribution is -2.47. The van der Waals surface area contributed by atoms with Crippen molar-refractivity contribution in [2.75, 3.05) is 23.3 Å². The van der Waals surface area contributed by atoms with Gasteiger partial charge in [0.05, 0.1) is 11.3 Å². The minimum Gasteiger partial charge on any atom is -0.347 e. The summed E-state index contributed by atoms with van der Waals surface area (Å²) in [5.41, 5.74) is 3.93. The Morgan fingerprint density at radius 3 is 2.58 bits per heavy atom. The zero-order valence-corrected chi connectivity index (χ0v) is 21.1. The zero-order chi connectivity index (χ0) is 24.9. The Bertz CT molecular complexity index is 1330. The molecule has 0 amide bonds. The smallest absolute Gasteiger partial charge is 0.228 e. The van der Waals surface area contributed by atoms with Gasteiger partial charge in [0.2, 0.25) is 5.95 Å². The molecule has 1 aliphatic rings. The van der Waals surface area contributed by atoms with Crippen LogP contribution in [0.2, 0.25) is 0 Å². The molecule has 1 fully saturated rings. The summed E-state index contributed by atoms with van der Waals surface area (Å²) >= 11 is 0. The fraction of sp³-hybridized carbons (Fsp3) is 0.300. The molecule has 1 atom stereocenters. The van der Waals surface area contributed by atoms with E-state index in [1.807, 2.05) is 24.5 Å². The predicted octanol–water partition coefficient (Wildman–Crippen LogP) is 6.27. The highest BCUT2D eigenvalue weighted by Gasteiger charge is 2.27. The highest BCUT2D eigenvalue weighted by molar-refractivity contribution is 5.94. The van der Waals surface area contributed by atoms with Crippen LogP contribution in [0.1, 0.15) is 33.1 Å². The number of piperidine rings is 1. The van der Waals surface area contributed by atoms with Crippen molar-refractivity contribution in [3.8, 4) is 22.4 Å². The molecule has 5 rings (SSSR count). The van der Waals surface area contributed by atoms with Gasteiger partial charge in [0, 0.05) is 43.1 Å². The first kappa shape index (κ1) is 23.9. The number of pyridine rings is 1. The number of nitrogens with zero attached hydrogens (tertiary/aromatic N) is 4. The second kappa shape index (κ2) is 10.9. The normalized spacial score (nSPS) is 15.9. The molecule has 4 aromatic rings. The molecule has 36 heavy (non-hydrogen) atoms. The van der Waals surface area contributed by atoms with Crippen LogP contribution in [0.25, 0.3) is 33.2 Å². The van der Waals surface area contributed by atoms with Gasteiger partial charge in [0.1, 0.15) is 5.82 Å². The van der Waals surface area contributed by atoms with Crippen molar-refractivity contribution in [3.05, 3.63) is 79.8 Å². The van der Waals surface area contributed by atoms with Gasteiger partial charge in [0.15, 0.2) is 0 Å². The molecule has 2 aromatic heterocycles. The fourth-order valence-corrected chi connectivity index (χ4v) is 4.96. The van der Waals surface area contributed by atoms with Crippen molar-refractivity contribution in [1.29, 1.82) is 0 Å². The van der Waals surface area contributed by atoms with Gasteiger partial charge in [-0.1, -0.05) is 56.8 Å². The summed E-state index contributed by atoms with van der Waals surface area (Å²) in [4.78, 5) is 16.9. The first-order chi connectivity index (χ1) is 17.6. The van der Waals surface area contributed by atoms with E-state index in [0.717, 1.165) is 60.1 Å². The number of rotatable bonds is 8. The third kappa shape index (κ3) is 5.09. The van der Waals surface area contributed by atoms with Crippen LogP contribution in [-0.4, -0.2) is 40.1 Å². The molecule has 0 radical (unpaired) electrons. The standard InChI is InChI=1S/C30H34N6/c1-4-32-29-27(25-13-12-22-9-5-6-10-24(22)19-25)28(23-14-16-31-17-15-23)34-30(35-29)36-18-8-7-11-26(36)20-33-21(2)3/h4-6,9-10,12-17,19,21,26,33H,1,7-8,11,18,20H2,2-3H3,(H,32,34,35)/t26-/m1/s1. The van der Waals surface area contributed by atoms with E-state index in [-0.39, 0.29) is 0 Å². The Balaban J connectivity index is 1.68. The first-order valence-corrected chi connectivity index (χ1v) is 12.8. The van der Waals surface area contributed by atoms with Crippen molar-refractivity contribution < 1.29 is 0 Å². The summed E-state index contributed by atoms with van der Waals surface area (Å²) in [6.07, 6.45) is 8.83. The van der Waals surface area contributed by atoms with Crippen molar-refractivity contribution in [2.45, 2.75) is 45.2 Å². The highest BCUT2D eigenvalue weighted by Crippen LogP contribution is 2.39. The SMILES string of the molecule is C=CNc1nc(N2CCCC[C@@H]2CNC(C)C)nc(-c2ccncc2)c1-c1ccc2ccccc2c1. The second-order valence-corrected chi connectivity index (χ2v) is 9.65.